The second-order valence-corrected chi connectivity index (χ2v) is 9.02. The third-order valence-corrected chi connectivity index (χ3v) is 4.46. The van der Waals surface area contributed by atoms with Crippen LogP contribution < -0.4 is 0 Å². The van der Waals surface area contributed by atoms with Gasteiger partial charge in [0.15, 0.2) is 0 Å². The molecule has 114 valence electrons. The van der Waals surface area contributed by atoms with Crippen LogP contribution in [0.5, 0.6) is 0 Å². The first-order valence-corrected chi connectivity index (χ1v) is 8.82. The van der Waals surface area contributed by atoms with Gasteiger partial charge < -0.3 is 0 Å². The lowest BCUT2D eigenvalue weighted by Gasteiger charge is -2.25. The van der Waals surface area contributed by atoms with Gasteiger partial charge >= 0.3 is 0 Å². The molecule has 0 fully saturated rings. The van der Waals surface area contributed by atoms with E-state index < -0.39 is 0 Å². The van der Waals surface area contributed by atoms with Gasteiger partial charge in [0, 0.05) is 4.83 Å². The third-order valence-electron chi connectivity index (χ3n) is 3.56. The van der Waals surface area contributed by atoms with Crippen molar-refractivity contribution in [3.05, 3.63) is 35.4 Å². The molecule has 1 rings (SSSR count). The van der Waals surface area contributed by atoms with Gasteiger partial charge in [-0.3, -0.25) is 0 Å². The van der Waals surface area contributed by atoms with Crippen LogP contribution in [0, 0.1) is 17.3 Å². The fraction of sp³-hybridized carbons (Fsp3) is 0.684. The molecule has 0 bridgehead atoms. The van der Waals surface area contributed by atoms with Crippen molar-refractivity contribution in [2.24, 2.45) is 17.3 Å². The summed E-state index contributed by atoms with van der Waals surface area (Å²) in [6.07, 6.45) is 3.66. The van der Waals surface area contributed by atoms with Crippen molar-refractivity contribution in [1.29, 1.82) is 0 Å². The molecule has 0 aromatic heterocycles. The van der Waals surface area contributed by atoms with E-state index >= 15 is 0 Å². The molecular weight excluding hydrogens is 308 g/mol. The van der Waals surface area contributed by atoms with Crippen LogP contribution in [0.15, 0.2) is 24.3 Å². The van der Waals surface area contributed by atoms with Crippen molar-refractivity contribution in [3.8, 4) is 0 Å². The average molecular weight is 339 g/mol. The highest BCUT2D eigenvalue weighted by Crippen LogP contribution is 2.35. The van der Waals surface area contributed by atoms with E-state index in [0.717, 1.165) is 11.8 Å². The molecule has 1 aromatic rings. The van der Waals surface area contributed by atoms with Gasteiger partial charge in [-0.1, -0.05) is 81.7 Å². The zero-order valence-electron chi connectivity index (χ0n) is 14.0. The van der Waals surface area contributed by atoms with E-state index in [0.29, 0.717) is 10.2 Å². The Morgan fingerprint density at radius 3 is 2.00 bits per heavy atom. The van der Waals surface area contributed by atoms with Gasteiger partial charge in [-0.15, -0.1) is 0 Å². The number of hydrogen-bond acceptors (Lipinski definition) is 0. The summed E-state index contributed by atoms with van der Waals surface area (Å²) in [6, 6.07) is 9.16. The van der Waals surface area contributed by atoms with Crippen LogP contribution in [0.2, 0.25) is 0 Å². The third kappa shape index (κ3) is 6.92. The summed E-state index contributed by atoms with van der Waals surface area (Å²) in [5.74, 6) is 1.47. The standard InChI is InChI=1S/C19H31Br/c1-14(2)11-16-7-9-17(10-8-16)18(20)12-15(3)13-19(4,5)6/h7-10,14-15,18H,11-13H2,1-6H3. The fourth-order valence-electron chi connectivity index (χ4n) is 2.95. The first kappa shape index (κ1) is 17.8. The van der Waals surface area contributed by atoms with E-state index in [1.807, 2.05) is 0 Å². The van der Waals surface area contributed by atoms with Crippen LogP contribution in [0.25, 0.3) is 0 Å². The highest BCUT2D eigenvalue weighted by molar-refractivity contribution is 9.09. The molecule has 0 aliphatic carbocycles. The van der Waals surface area contributed by atoms with Gasteiger partial charge in [0.2, 0.25) is 0 Å². The Bertz CT molecular complexity index is 383. The van der Waals surface area contributed by atoms with Crippen molar-refractivity contribution in [2.75, 3.05) is 0 Å². The van der Waals surface area contributed by atoms with Crippen LogP contribution in [-0.2, 0) is 6.42 Å². The van der Waals surface area contributed by atoms with Crippen molar-refractivity contribution in [1.82, 2.24) is 0 Å². The molecule has 0 nitrogen and oxygen atoms in total. The van der Waals surface area contributed by atoms with Gasteiger partial charge in [-0.25, -0.2) is 0 Å². The summed E-state index contributed by atoms with van der Waals surface area (Å²) in [5, 5.41) is 0. The number of rotatable bonds is 6. The Hall–Kier alpha value is -0.300. The lowest BCUT2D eigenvalue weighted by molar-refractivity contribution is 0.296. The molecule has 0 saturated carbocycles. The van der Waals surface area contributed by atoms with Gasteiger partial charge in [0.05, 0.1) is 0 Å². The minimum absolute atomic E-state index is 0.424. The van der Waals surface area contributed by atoms with Crippen molar-refractivity contribution in [2.45, 2.75) is 65.6 Å². The van der Waals surface area contributed by atoms with Crippen molar-refractivity contribution in [3.63, 3.8) is 0 Å². The molecule has 0 spiro atoms. The highest BCUT2D eigenvalue weighted by atomic mass is 79.9. The molecule has 2 unspecified atom stereocenters. The monoisotopic (exact) mass is 338 g/mol. The number of benzene rings is 1. The van der Waals surface area contributed by atoms with Crippen molar-refractivity contribution < 1.29 is 0 Å². The first-order chi connectivity index (χ1) is 9.17. The summed E-state index contributed by atoms with van der Waals surface area (Å²) in [4.78, 5) is 0.480. The molecule has 0 N–H and O–H groups in total. The Labute approximate surface area is 134 Å². The van der Waals surface area contributed by atoms with E-state index in [2.05, 4.69) is 81.7 Å². The van der Waals surface area contributed by atoms with E-state index in [9.17, 15) is 0 Å². The molecule has 0 aliphatic rings. The van der Waals surface area contributed by atoms with Gasteiger partial charge in [-0.2, -0.15) is 0 Å². The van der Waals surface area contributed by atoms with Gasteiger partial charge in [-0.05, 0) is 47.6 Å². The first-order valence-electron chi connectivity index (χ1n) is 7.90. The molecule has 2 atom stereocenters. The summed E-state index contributed by atoms with van der Waals surface area (Å²) < 4.78 is 0. The molecule has 0 radical (unpaired) electrons. The normalized spacial score (nSPS) is 15.4. The molecule has 20 heavy (non-hydrogen) atoms. The number of hydrogen-bond donors (Lipinski definition) is 0. The maximum absolute atomic E-state index is 3.87. The largest absolute Gasteiger partial charge is 0.0839 e. The molecule has 0 saturated heterocycles. The summed E-state index contributed by atoms with van der Waals surface area (Å²) in [5.41, 5.74) is 3.29. The quantitative estimate of drug-likeness (QED) is 0.501. The molecule has 0 aliphatic heterocycles. The lowest BCUT2D eigenvalue weighted by Crippen LogP contribution is -2.12. The number of halogens is 1. The maximum Gasteiger partial charge on any atom is 0.0397 e. The van der Waals surface area contributed by atoms with Gasteiger partial charge in [0.25, 0.3) is 0 Å². The van der Waals surface area contributed by atoms with E-state index in [4.69, 9.17) is 0 Å². The highest BCUT2D eigenvalue weighted by Gasteiger charge is 2.18. The summed E-state index contributed by atoms with van der Waals surface area (Å²) >= 11 is 3.87. The average Bonchev–Trinajstić information content (AvgIpc) is 2.26. The van der Waals surface area contributed by atoms with Crippen LogP contribution in [0.3, 0.4) is 0 Å². The fourth-order valence-corrected chi connectivity index (χ4v) is 3.90. The second kappa shape index (κ2) is 7.64. The molecule has 0 heterocycles. The minimum Gasteiger partial charge on any atom is -0.0839 e. The minimum atomic E-state index is 0.424. The van der Waals surface area contributed by atoms with Crippen molar-refractivity contribution >= 4 is 15.9 Å². The van der Waals surface area contributed by atoms with Crippen LogP contribution in [0.1, 0.15) is 70.3 Å². The maximum atomic E-state index is 3.87. The summed E-state index contributed by atoms with van der Waals surface area (Å²) in [7, 11) is 0. The van der Waals surface area contributed by atoms with Crippen LogP contribution in [-0.4, -0.2) is 0 Å². The Balaban J connectivity index is 2.57. The zero-order chi connectivity index (χ0) is 15.3. The molecular formula is C19H31Br. The Kier molecular flexibility index (Phi) is 6.78. The SMILES string of the molecule is CC(C)Cc1ccc(C(Br)CC(C)CC(C)(C)C)cc1. The second-order valence-electron chi connectivity index (χ2n) is 7.91. The van der Waals surface area contributed by atoms with E-state index in [-0.39, 0.29) is 0 Å². The Morgan fingerprint density at radius 2 is 1.55 bits per heavy atom. The molecule has 0 amide bonds. The van der Waals surface area contributed by atoms with Crippen LogP contribution >= 0.6 is 15.9 Å². The van der Waals surface area contributed by atoms with E-state index in [1.165, 1.54) is 30.4 Å². The lowest BCUT2D eigenvalue weighted by atomic mass is 9.83. The Morgan fingerprint density at radius 1 is 1.00 bits per heavy atom. The summed E-state index contributed by atoms with van der Waals surface area (Å²) in [6.45, 7) is 13.9. The zero-order valence-corrected chi connectivity index (χ0v) is 15.6. The molecule has 1 aromatic carbocycles. The molecule has 1 heteroatoms. The van der Waals surface area contributed by atoms with E-state index in [1.54, 1.807) is 0 Å². The van der Waals surface area contributed by atoms with Gasteiger partial charge in [0.1, 0.15) is 0 Å². The van der Waals surface area contributed by atoms with Crippen LogP contribution in [0.4, 0.5) is 0 Å². The smallest absolute Gasteiger partial charge is 0.0397 e. The number of alkyl halides is 1. The predicted octanol–water partition coefficient (Wildman–Crippen LogP) is 6.78. The topological polar surface area (TPSA) is 0 Å². The predicted molar refractivity (Wildman–Crippen MR) is 94.5 cm³/mol.